The smallest absolute Gasteiger partial charge is 0.436 e. The molecule has 2 N–H and O–H groups in total. The topological polar surface area (TPSA) is 99.0 Å². The van der Waals surface area contributed by atoms with E-state index in [1.165, 1.54) is 33.3 Å². The second-order valence-electron chi connectivity index (χ2n) is 6.27. The highest BCUT2D eigenvalue weighted by Crippen LogP contribution is 2.31. The summed E-state index contributed by atoms with van der Waals surface area (Å²) in [4.78, 5) is 24.6. The van der Waals surface area contributed by atoms with Crippen LogP contribution in [0.15, 0.2) is 41.0 Å². The van der Waals surface area contributed by atoms with Gasteiger partial charge in [-0.15, -0.1) is 0 Å². The van der Waals surface area contributed by atoms with Gasteiger partial charge in [-0.05, 0) is 43.2 Å². The van der Waals surface area contributed by atoms with Crippen molar-refractivity contribution in [2.75, 3.05) is 27.4 Å². The minimum absolute atomic E-state index is 0.0776. The molecule has 0 fully saturated rings. The Bertz CT molecular complexity index is 886. The number of amides is 1. The van der Waals surface area contributed by atoms with Crippen molar-refractivity contribution >= 4 is 11.9 Å². The summed E-state index contributed by atoms with van der Waals surface area (Å²) in [6, 6.07) is 7.35. The van der Waals surface area contributed by atoms with E-state index in [0.717, 1.165) is 6.26 Å². The lowest BCUT2D eigenvalue weighted by Crippen LogP contribution is -2.73. The number of nitrogens with one attached hydrogen (secondary N) is 2. The van der Waals surface area contributed by atoms with E-state index < -0.39 is 23.7 Å². The molecule has 0 aliphatic carbocycles. The molecular formula is C20H23F3N2O6. The Morgan fingerprint density at radius 1 is 1.10 bits per heavy atom. The molecule has 11 heteroatoms. The van der Waals surface area contributed by atoms with Gasteiger partial charge in [-0.1, -0.05) is 6.07 Å². The maximum absolute atomic E-state index is 14.0. The Morgan fingerprint density at radius 2 is 1.81 bits per heavy atom. The number of alkyl halides is 3. The van der Waals surface area contributed by atoms with Crippen LogP contribution in [0.5, 0.6) is 11.5 Å². The maximum atomic E-state index is 14.0. The third-order valence-electron chi connectivity index (χ3n) is 4.30. The van der Waals surface area contributed by atoms with Crippen LogP contribution in [0.1, 0.15) is 23.0 Å². The number of ether oxygens (including phenoxy) is 3. The van der Waals surface area contributed by atoms with E-state index in [4.69, 9.17) is 13.9 Å². The normalized spacial score (nSPS) is 13.2. The van der Waals surface area contributed by atoms with E-state index in [1.54, 1.807) is 23.5 Å². The molecule has 1 aromatic carbocycles. The number of esters is 1. The summed E-state index contributed by atoms with van der Waals surface area (Å²) in [5.74, 6) is -2.44. The first-order chi connectivity index (χ1) is 14.7. The van der Waals surface area contributed by atoms with Gasteiger partial charge in [0.1, 0.15) is 0 Å². The average molecular weight is 444 g/mol. The van der Waals surface area contributed by atoms with Gasteiger partial charge in [0.05, 0.1) is 27.1 Å². The minimum Gasteiger partial charge on any atom is -0.493 e. The molecule has 1 amide bonds. The van der Waals surface area contributed by atoms with Gasteiger partial charge >= 0.3 is 12.1 Å². The Morgan fingerprint density at radius 3 is 2.35 bits per heavy atom. The number of furan rings is 1. The van der Waals surface area contributed by atoms with Crippen LogP contribution in [0.4, 0.5) is 13.2 Å². The lowest BCUT2D eigenvalue weighted by atomic mass is 10.1. The third kappa shape index (κ3) is 5.48. The van der Waals surface area contributed by atoms with Crippen LogP contribution in [-0.4, -0.2) is 51.1 Å². The molecule has 31 heavy (non-hydrogen) atoms. The zero-order chi connectivity index (χ0) is 23.1. The zero-order valence-corrected chi connectivity index (χ0v) is 17.2. The number of halogens is 3. The minimum atomic E-state index is -5.21. The standard InChI is InChI=1S/C20H23F3N2O6/c1-4-30-18(27)19(20(21,22)23,25-17(26)15-6-5-11-31-15)24-10-9-13-7-8-14(28-2)16(12-13)29-3/h5-8,11-12,24H,4,9-10H2,1-3H3,(H,25,26)/t19-/m1/s1. The third-order valence-corrected chi connectivity index (χ3v) is 4.30. The van der Waals surface area contributed by atoms with Crippen LogP contribution in [-0.2, 0) is 16.0 Å². The van der Waals surface area contributed by atoms with E-state index in [2.05, 4.69) is 10.1 Å². The lowest BCUT2D eigenvalue weighted by Gasteiger charge is -2.34. The number of benzene rings is 1. The van der Waals surface area contributed by atoms with E-state index in [9.17, 15) is 22.8 Å². The molecule has 1 atom stereocenters. The molecule has 0 bridgehead atoms. The number of methoxy groups -OCH3 is 2. The second-order valence-corrected chi connectivity index (χ2v) is 6.27. The summed E-state index contributed by atoms with van der Waals surface area (Å²) in [7, 11) is 2.89. The first kappa shape index (κ1) is 24.1. The second kappa shape index (κ2) is 10.2. The van der Waals surface area contributed by atoms with Crippen molar-refractivity contribution in [3.8, 4) is 11.5 Å². The summed E-state index contributed by atoms with van der Waals surface area (Å²) < 4.78 is 61.9. The lowest BCUT2D eigenvalue weighted by molar-refractivity contribution is -0.218. The van der Waals surface area contributed by atoms with Gasteiger partial charge in [-0.25, -0.2) is 4.79 Å². The Kier molecular flexibility index (Phi) is 7.92. The number of carbonyl (C=O) groups excluding carboxylic acids is 2. The van der Waals surface area contributed by atoms with Crippen molar-refractivity contribution in [2.24, 2.45) is 0 Å². The SMILES string of the molecule is CCOC(=O)[C@@](NCCc1ccc(OC)c(OC)c1)(NC(=O)c1ccco1)C(F)(F)F. The predicted molar refractivity (Wildman–Crippen MR) is 103 cm³/mol. The predicted octanol–water partition coefficient (Wildman–Crippen LogP) is 2.68. The molecule has 0 radical (unpaired) electrons. The highest BCUT2D eigenvalue weighted by Gasteiger charge is 2.63. The summed E-state index contributed by atoms with van der Waals surface area (Å²) in [5, 5.41) is 3.82. The van der Waals surface area contributed by atoms with Crippen LogP contribution in [0, 0.1) is 0 Å². The molecule has 1 aromatic heterocycles. The van der Waals surface area contributed by atoms with E-state index >= 15 is 0 Å². The molecular weight excluding hydrogens is 421 g/mol. The highest BCUT2D eigenvalue weighted by atomic mass is 19.4. The molecule has 0 unspecified atom stereocenters. The van der Waals surface area contributed by atoms with Gasteiger partial charge in [0.15, 0.2) is 17.3 Å². The fraction of sp³-hybridized carbons (Fsp3) is 0.400. The van der Waals surface area contributed by atoms with Gasteiger partial charge in [0.2, 0.25) is 0 Å². The average Bonchev–Trinajstić information content (AvgIpc) is 3.27. The van der Waals surface area contributed by atoms with Crippen molar-refractivity contribution in [2.45, 2.75) is 25.2 Å². The number of hydrogen-bond donors (Lipinski definition) is 2. The highest BCUT2D eigenvalue weighted by molar-refractivity contribution is 5.96. The van der Waals surface area contributed by atoms with Crippen molar-refractivity contribution in [3.05, 3.63) is 47.9 Å². The summed E-state index contributed by atoms with van der Waals surface area (Å²) in [6.45, 7) is 0.716. The quantitative estimate of drug-likeness (QED) is 0.429. The van der Waals surface area contributed by atoms with Crippen molar-refractivity contribution in [1.29, 1.82) is 0 Å². The Hall–Kier alpha value is -3.21. The van der Waals surface area contributed by atoms with E-state index in [1.807, 2.05) is 0 Å². The number of rotatable bonds is 10. The Balaban J connectivity index is 2.27. The molecule has 1 heterocycles. The van der Waals surface area contributed by atoms with Gasteiger partial charge in [-0.3, -0.25) is 10.1 Å². The van der Waals surface area contributed by atoms with Crippen LogP contribution in [0.3, 0.4) is 0 Å². The Labute approximate surface area is 176 Å². The van der Waals surface area contributed by atoms with Crippen molar-refractivity contribution in [3.63, 3.8) is 0 Å². The first-order valence-electron chi connectivity index (χ1n) is 9.24. The molecule has 0 saturated heterocycles. The van der Waals surface area contributed by atoms with E-state index in [-0.39, 0.29) is 25.3 Å². The van der Waals surface area contributed by atoms with Gasteiger partial charge < -0.3 is 23.9 Å². The largest absolute Gasteiger partial charge is 0.493 e. The molecule has 2 aromatic rings. The number of carbonyl (C=O) groups is 2. The van der Waals surface area contributed by atoms with Crippen LogP contribution < -0.4 is 20.1 Å². The van der Waals surface area contributed by atoms with E-state index in [0.29, 0.717) is 17.1 Å². The van der Waals surface area contributed by atoms with Crippen LogP contribution >= 0.6 is 0 Å². The molecule has 0 spiro atoms. The van der Waals surface area contributed by atoms with Crippen molar-refractivity contribution < 1.29 is 41.4 Å². The molecule has 8 nitrogen and oxygen atoms in total. The maximum Gasteiger partial charge on any atom is 0.436 e. The summed E-state index contributed by atoms with van der Waals surface area (Å²) in [5.41, 5.74) is -2.86. The summed E-state index contributed by atoms with van der Waals surface area (Å²) >= 11 is 0. The molecule has 2 rings (SSSR count). The van der Waals surface area contributed by atoms with Gasteiger partial charge in [0, 0.05) is 6.54 Å². The molecule has 0 aliphatic heterocycles. The molecule has 0 aliphatic rings. The fourth-order valence-corrected chi connectivity index (χ4v) is 2.76. The first-order valence-corrected chi connectivity index (χ1v) is 9.24. The van der Waals surface area contributed by atoms with Gasteiger partial charge in [-0.2, -0.15) is 13.2 Å². The molecule has 170 valence electrons. The monoisotopic (exact) mass is 444 g/mol. The fourth-order valence-electron chi connectivity index (χ4n) is 2.76. The zero-order valence-electron chi connectivity index (χ0n) is 17.2. The van der Waals surface area contributed by atoms with Crippen LogP contribution in [0.25, 0.3) is 0 Å². The van der Waals surface area contributed by atoms with Gasteiger partial charge in [0.25, 0.3) is 11.6 Å². The van der Waals surface area contributed by atoms with Crippen molar-refractivity contribution in [1.82, 2.24) is 10.6 Å². The summed E-state index contributed by atoms with van der Waals surface area (Å²) in [6.07, 6.45) is -4.01. The van der Waals surface area contributed by atoms with Crippen LogP contribution in [0.2, 0.25) is 0 Å². The molecule has 0 saturated carbocycles. The number of hydrogen-bond acceptors (Lipinski definition) is 7.